The van der Waals surface area contributed by atoms with E-state index in [1.807, 2.05) is 0 Å². The number of hydrogen-bond acceptors (Lipinski definition) is 2. The van der Waals surface area contributed by atoms with E-state index in [0.717, 1.165) is 17.8 Å². The third-order valence-electron chi connectivity index (χ3n) is 1.62. The van der Waals surface area contributed by atoms with Crippen molar-refractivity contribution in [3.63, 3.8) is 0 Å². The molecule has 4 nitrogen and oxygen atoms in total. The van der Waals surface area contributed by atoms with Crippen molar-refractivity contribution in [3.8, 4) is 5.75 Å². The van der Waals surface area contributed by atoms with E-state index in [-0.39, 0.29) is 5.75 Å². The highest BCUT2D eigenvalue weighted by molar-refractivity contribution is 6.31. The number of carbonyl (C=O) groups is 1. The van der Waals surface area contributed by atoms with Crippen LogP contribution in [0.15, 0.2) is 24.4 Å². The molecule has 0 fully saturated rings. The van der Waals surface area contributed by atoms with Crippen molar-refractivity contribution < 1.29 is 15.0 Å². The fourth-order valence-corrected chi connectivity index (χ4v) is 1.26. The predicted octanol–water partition coefficient (Wildman–Crippen LogP) is 2.62. The molecule has 0 saturated heterocycles. The lowest BCUT2D eigenvalue weighted by atomic mass is 10.2. The van der Waals surface area contributed by atoms with E-state index in [4.69, 9.17) is 21.5 Å². The Labute approximate surface area is 91.1 Å². The van der Waals surface area contributed by atoms with Crippen LogP contribution in [0.2, 0.25) is 5.02 Å². The number of benzene rings is 1. The Morgan fingerprint density at radius 2 is 2.07 bits per heavy atom. The normalized spacial score (nSPS) is 9.47. The van der Waals surface area contributed by atoms with Gasteiger partial charge in [-0.15, -0.1) is 0 Å². The molecule has 0 bridgehead atoms. The first-order chi connectivity index (χ1) is 7.00. The van der Waals surface area contributed by atoms with Gasteiger partial charge < -0.3 is 15.2 Å². The molecule has 0 aliphatic heterocycles. The maximum Gasteiger partial charge on any atom is 0.300 e. The molecule has 2 aromatic rings. The van der Waals surface area contributed by atoms with Crippen LogP contribution in [0, 0.1) is 0 Å². The second-order valence-electron chi connectivity index (χ2n) is 2.88. The van der Waals surface area contributed by atoms with Crippen molar-refractivity contribution in [2.75, 3.05) is 0 Å². The first kappa shape index (κ1) is 11.4. The first-order valence-electron chi connectivity index (χ1n) is 4.16. The number of aromatic amines is 1. The van der Waals surface area contributed by atoms with Crippen LogP contribution in [0.25, 0.3) is 10.9 Å². The Bertz CT molecular complexity index is 474. The molecular weight excluding hydrogens is 218 g/mol. The Balaban J connectivity index is 0.000000245. The topological polar surface area (TPSA) is 73.3 Å². The third kappa shape index (κ3) is 3.18. The molecule has 0 saturated carbocycles. The average molecular weight is 228 g/mol. The van der Waals surface area contributed by atoms with Gasteiger partial charge in [-0.1, -0.05) is 11.6 Å². The molecule has 0 aliphatic carbocycles. The van der Waals surface area contributed by atoms with Gasteiger partial charge in [0.05, 0.1) is 5.52 Å². The molecule has 3 N–H and O–H groups in total. The van der Waals surface area contributed by atoms with Gasteiger partial charge in [0.1, 0.15) is 5.75 Å². The van der Waals surface area contributed by atoms with Crippen molar-refractivity contribution in [1.82, 2.24) is 4.98 Å². The summed E-state index contributed by atoms with van der Waals surface area (Å²) >= 11 is 5.73. The van der Waals surface area contributed by atoms with Crippen LogP contribution in [0.5, 0.6) is 5.75 Å². The lowest BCUT2D eigenvalue weighted by molar-refractivity contribution is -0.134. The number of carboxylic acid groups (broad SMARTS) is 1. The molecule has 15 heavy (non-hydrogen) atoms. The van der Waals surface area contributed by atoms with E-state index in [1.54, 1.807) is 24.4 Å². The van der Waals surface area contributed by atoms with Crippen molar-refractivity contribution in [3.05, 3.63) is 29.4 Å². The lowest BCUT2D eigenvalue weighted by Crippen LogP contribution is -1.78. The van der Waals surface area contributed by atoms with E-state index in [2.05, 4.69) is 4.98 Å². The fraction of sp³-hybridized carbons (Fsp3) is 0.100. The Morgan fingerprint density at radius 3 is 2.67 bits per heavy atom. The van der Waals surface area contributed by atoms with Crippen LogP contribution < -0.4 is 0 Å². The summed E-state index contributed by atoms with van der Waals surface area (Å²) in [5.74, 6) is -0.573. The molecule has 1 aromatic heterocycles. The molecule has 80 valence electrons. The molecule has 0 spiro atoms. The number of rotatable bonds is 0. The summed E-state index contributed by atoms with van der Waals surface area (Å²) in [6, 6.07) is 5.30. The Kier molecular flexibility index (Phi) is 3.57. The van der Waals surface area contributed by atoms with E-state index in [1.165, 1.54) is 0 Å². The summed E-state index contributed by atoms with van der Waals surface area (Å²) in [7, 11) is 0. The van der Waals surface area contributed by atoms with E-state index in [9.17, 15) is 5.11 Å². The highest BCUT2D eigenvalue weighted by atomic mass is 35.5. The summed E-state index contributed by atoms with van der Waals surface area (Å²) in [5.41, 5.74) is 0.856. The minimum absolute atomic E-state index is 0.261. The summed E-state index contributed by atoms with van der Waals surface area (Å²) < 4.78 is 0. The largest absolute Gasteiger partial charge is 0.506 e. The zero-order valence-corrected chi connectivity index (χ0v) is 8.75. The number of aliphatic carboxylic acids is 1. The number of aromatic hydroxyl groups is 1. The summed E-state index contributed by atoms with van der Waals surface area (Å²) in [6.07, 6.45) is 1.54. The number of fused-ring (bicyclic) bond motifs is 1. The first-order valence-corrected chi connectivity index (χ1v) is 4.53. The molecule has 0 amide bonds. The monoisotopic (exact) mass is 227 g/mol. The second-order valence-corrected chi connectivity index (χ2v) is 3.32. The van der Waals surface area contributed by atoms with Crippen molar-refractivity contribution in [2.45, 2.75) is 6.92 Å². The van der Waals surface area contributed by atoms with Gasteiger partial charge in [0.15, 0.2) is 0 Å². The molecule has 1 aromatic carbocycles. The maximum absolute atomic E-state index is 9.23. The zero-order chi connectivity index (χ0) is 11.4. The Hall–Kier alpha value is -1.68. The zero-order valence-electron chi connectivity index (χ0n) is 7.99. The SMILES string of the molecule is CC(=O)O.Oc1c[nH]c2cc(Cl)ccc12. The van der Waals surface area contributed by atoms with Crippen molar-refractivity contribution >= 4 is 28.5 Å². The fourth-order valence-electron chi connectivity index (χ4n) is 1.08. The van der Waals surface area contributed by atoms with Gasteiger partial charge in [-0.25, -0.2) is 0 Å². The van der Waals surface area contributed by atoms with Crippen LogP contribution in [0.4, 0.5) is 0 Å². The number of H-pyrrole nitrogens is 1. The van der Waals surface area contributed by atoms with E-state index < -0.39 is 5.97 Å². The van der Waals surface area contributed by atoms with Crippen molar-refractivity contribution in [1.29, 1.82) is 0 Å². The van der Waals surface area contributed by atoms with Gasteiger partial charge in [0.25, 0.3) is 5.97 Å². The highest BCUT2D eigenvalue weighted by Gasteiger charge is 2.00. The van der Waals surface area contributed by atoms with E-state index >= 15 is 0 Å². The number of carboxylic acids is 1. The standard InChI is InChI=1S/C8H6ClNO.C2H4O2/c9-5-1-2-6-7(3-5)10-4-8(6)11;1-2(3)4/h1-4,10-11H;1H3,(H,3,4). The smallest absolute Gasteiger partial charge is 0.300 e. The molecule has 1 heterocycles. The molecular formula is C10H10ClNO3. The molecule has 0 unspecified atom stereocenters. The van der Waals surface area contributed by atoms with Gasteiger partial charge in [-0.3, -0.25) is 4.79 Å². The van der Waals surface area contributed by atoms with Gasteiger partial charge >= 0.3 is 0 Å². The van der Waals surface area contributed by atoms with Crippen molar-refractivity contribution in [2.24, 2.45) is 0 Å². The number of hydrogen-bond donors (Lipinski definition) is 3. The predicted molar refractivity (Wildman–Crippen MR) is 58.3 cm³/mol. The van der Waals surface area contributed by atoms with Gasteiger partial charge in [0.2, 0.25) is 0 Å². The second kappa shape index (κ2) is 4.70. The molecule has 0 radical (unpaired) electrons. The third-order valence-corrected chi connectivity index (χ3v) is 1.86. The Morgan fingerprint density at radius 1 is 1.47 bits per heavy atom. The van der Waals surface area contributed by atoms with E-state index in [0.29, 0.717) is 5.02 Å². The summed E-state index contributed by atoms with van der Waals surface area (Å²) in [4.78, 5) is 11.9. The summed E-state index contributed by atoms with van der Waals surface area (Å²) in [6.45, 7) is 1.08. The molecule has 5 heteroatoms. The number of aromatic nitrogens is 1. The quantitative estimate of drug-likeness (QED) is 0.648. The van der Waals surface area contributed by atoms with Crippen LogP contribution in [-0.2, 0) is 4.79 Å². The lowest BCUT2D eigenvalue weighted by Gasteiger charge is -1.90. The van der Waals surface area contributed by atoms with Crippen LogP contribution in [0.3, 0.4) is 0 Å². The number of nitrogens with one attached hydrogen (secondary N) is 1. The van der Waals surface area contributed by atoms with Gasteiger partial charge in [-0.2, -0.15) is 0 Å². The average Bonchev–Trinajstić information content (AvgIpc) is 2.46. The molecule has 2 rings (SSSR count). The van der Waals surface area contributed by atoms with Crippen LogP contribution in [0.1, 0.15) is 6.92 Å². The number of halogens is 1. The summed E-state index contributed by atoms with van der Waals surface area (Å²) in [5, 5.41) is 18.1. The minimum atomic E-state index is -0.833. The highest BCUT2D eigenvalue weighted by Crippen LogP contribution is 2.25. The maximum atomic E-state index is 9.23. The van der Waals surface area contributed by atoms with Crippen LogP contribution >= 0.6 is 11.6 Å². The van der Waals surface area contributed by atoms with Crippen LogP contribution in [-0.4, -0.2) is 21.2 Å². The molecule has 0 atom stereocenters. The molecule has 0 aliphatic rings. The van der Waals surface area contributed by atoms with Gasteiger partial charge in [0, 0.05) is 23.5 Å². The minimum Gasteiger partial charge on any atom is -0.506 e. The van der Waals surface area contributed by atoms with Gasteiger partial charge in [-0.05, 0) is 18.2 Å².